The van der Waals surface area contributed by atoms with Crippen LogP contribution in [-0.2, 0) is 4.79 Å². The van der Waals surface area contributed by atoms with Gasteiger partial charge in [0.2, 0.25) is 0 Å². The van der Waals surface area contributed by atoms with Crippen LogP contribution in [0.5, 0.6) is 5.75 Å². The third-order valence-electron chi connectivity index (χ3n) is 4.42. The number of hydrogen-bond donors (Lipinski definition) is 2. The molecular weight excluding hydrogens is 412 g/mol. The van der Waals surface area contributed by atoms with Gasteiger partial charge in [-0.05, 0) is 36.4 Å². The van der Waals surface area contributed by atoms with E-state index in [1.54, 1.807) is 36.4 Å². The number of carbonyl (C=O) groups is 1. The van der Waals surface area contributed by atoms with Crippen LogP contribution in [0.2, 0.25) is 0 Å². The molecule has 0 aliphatic carbocycles. The molecule has 31 heavy (non-hydrogen) atoms. The van der Waals surface area contributed by atoms with Crippen molar-refractivity contribution in [1.82, 2.24) is 15.0 Å². The minimum Gasteiger partial charge on any atom is -0.507 e. The summed E-state index contributed by atoms with van der Waals surface area (Å²) in [6, 6.07) is 23.0. The Morgan fingerprint density at radius 1 is 1.03 bits per heavy atom. The smallest absolute Gasteiger partial charge is 0.266 e. The molecule has 0 radical (unpaired) electrons. The zero-order chi connectivity index (χ0) is 21.6. The summed E-state index contributed by atoms with van der Waals surface area (Å²) in [5.41, 5.74) is 3.96. The predicted molar refractivity (Wildman–Crippen MR) is 122 cm³/mol. The molecule has 0 atom stereocenters. The fourth-order valence-corrected chi connectivity index (χ4v) is 3.75. The number of hydrazone groups is 1. The van der Waals surface area contributed by atoms with Gasteiger partial charge in [-0.15, -0.1) is 0 Å². The number of nitrogens with zero attached hydrogens (tertiary/aromatic N) is 3. The maximum atomic E-state index is 13.1. The van der Waals surface area contributed by atoms with E-state index in [9.17, 15) is 14.7 Å². The van der Waals surface area contributed by atoms with Crippen molar-refractivity contribution in [2.45, 2.75) is 5.16 Å². The first-order valence-corrected chi connectivity index (χ1v) is 10.4. The Hall–Kier alpha value is -3.91. The SMILES string of the molecule is O=C(CSc1nc2ccccc2c(=O)n1-c1ccccc1)N/N=C\c1ccccc1O. The number of aromatic hydroxyl groups is 1. The van der Waals surface area contributed by atoms with Crippen LogP contribution in [0.15, 0.2) is 93.9 Å². The van der Waals surface area contributed by atoms with E-state index in [1.165, 1.54) is 16.8 Å². The first kappa shape index (κ1) is 20.4. The lowest BCUT2D eigenvalue weighted by atomic mass is 10.2. The van der Waals surface area contributed by atoms with Crippen LogP contribution in [0, 0.1) is 0 Å². The van der Waals surface area contributed by atoms with Crippen LogP contribution in [0.25, 0.3) is 16.6 Å². The molecule has 0 aliphatic heterocycles. The topological polar surface area (TPSA) is 96.6 Å². The molecule has 4 rings (SSSR count). The lowest BCUT2D eigenvalue weighted by Gasteiger charge is -2.12. The summed E-state index contributed by atoms with van der Waals surface area (Å²) >= 11 is 1.14. The van der Waals surface area contributed by atoms with Crippen LogP contribution in [0.4, 0.5) is 0 Å². The number of thioether (sulfide) groups is 1. The van der Waals surface area contributed by atoms with E-state index in [2.05, 4.69) is 15.5 Å². The standard InChI is InChI=1S/C23H18N4O3S/c28-20-13-7-4-8-16(20)14-24-26-21(29)15-31-23-25-19-12-6-5-11-18(19)22(30)27(23)17-9-2-1-3-10-17/h1-14,28H,15H2,(H,26,29)/b24-14-. The molecule has 0 unspecified atom stereocenters. The summed E-state index contributed by atoms with van der Waals surface area (Å²) < 4.78 is 1.51. The van der Waals surface area contributed by atoms with E-state index < -0.39 is 0 Å². The van der Waals surface area contributed by atoms with Crippen LogP contribution in [0.1, 0.15) is 5.56 Å². The van der Waals surface area contributed by atoms with Gasteiger partial charge < -0.3 is 5.11 Å². The van der Waals surface area contributed by atoms with Gasteiger partial charge in [-0.2, -0.15) is 5.10 Å². The van der Waals surface area contributed by atoms with Gasteiger partial charge in [0.25, 0.3) is 11.5 Å². The van der Waals surface area contributed by atoms with Crippen molar-refractivity contribution in [2.75, 3.05) is 5.75 Å². The number of benzene rings is 3. The average molecular weight is 430 g/mol. The molecule has 7 nitrogen and oxygen atoms in total. The molecule has 154 valence electrons. The molecule has 1 heterocycles. The third kappa shape index (κ3) is 4.65. The number of carbonyl (C=O) groups excluding carboxylic acids is 1. The number of aromatic nitrogens is 2. The van der Waals surface area contributed by atoms with Crippen molar-refractivity contribution in [3.8, 4) is 11.4 Å². The molecule has 0 aliphatic rings. The van der Waals surface area contributed by atoms with Gasteiger partial charge in [0.1, 0.15) is 5.75 Å². The van der Waals surface area contributed by atoms with Crippen molar-refractivity contribution in [3.05, 3.63) is 94.8 Å². The number of rotatable bonds is 6. The largest absolute Gasteiger partial charge is 0.507 e. The van der Waals surface area contributed by atoms with E-state index in [1.807, 2.05) is 36.4 Å². The Morgan fingerprint density at radius 2 is 1.74 bits per heavy atom. The Balaban J connectivity index is 1.56. The van der Waals surface area contributed by atoms with E-state index in [-0.39, 0.29) is 23.0 Å². The quantitative estimate of drug-likeness (QED) is 0.212. The van der Waals surface area contributed by atoms with E-state index in [0.29, 0.717) is 27.3 Å². The zero-order valence-corrected chi connectivity index (χ0v) is 17.1. The molecule has 0 spiro atoms. The minimum absolute atomic E-state index is 0.00965. The van der Waals surface area contributed by atoms with Crippen LogP contribution < -0.4 is 11.0 Å². The lowest BCUT2D eigenvalue weighted by molar-refractivity contribution is -0.118. The number of fused-ring (bicyclic) bond motifs is 1. The molecule has 0 saturated heterocycles. The second-order valence-corrected chi connectivity index (χ2v) is 7.47. The normalized spacial score (nSPS) is 11.1. The van der Waals surface area contributed by atoms with Crippen molar-refractivity contribution in [3.63, 3.8) is 0 Å². The molecule has 0 bridgehead atoms. The van der Waals surface area contributed by atoms with Crippen LogP contribution in [0.3, 0.4) is 0 Å². The van der Waals surface area contributed by atoms with Gasteiger partial charge in [0.15, 0.2) is 5.16 Å². The monoisotopic (exact) mass is 430 g/mol. The van der Waals surface area contributed by atoms with Crippen molar-refractivity contribution in [1.29, 1.82) is 0 Å². The highest BCUT2D eigenvalue weighted by Crippen LogP contribution is 2.21. The van der Waals surface area contributed by atoms with Crippen molar-refractivity contribution in [2.24, 2.45) is 5.10 Å². The number of nitrogens with one attached hydrogen (secondary N) is 1. The minimum atomic E-state index is -0.362. The number of para-hydroxylation sites is 3. The highest BCUT2D eigenvalue weighted by molar-refractivity contribution is 7.99. The number of phenols is 1. The number of hydrogen-bond acceptors (Lipinski definition) is 6. The van der Waals surface area contributed by atoms with Crippen molar-refractivity contribution < 1.29 is 9.90 Å². The van der Waals surface area contributed by atoms with E-state index in [4.69, 9.17) is 0 Å². The summed E-state index contributed by atoms with van der Waals surface area (Å²) in [6.07, 6.45) is 1.37. The van der Waals surface area contributed by atoms with Crippen LogP contribution in [-0.4, -0.2) is 32.5 Å². The van der Waals surface area contributed by atoms with Crippen LogP contribution >= 0.6 is 11.8 Å². The second kappa shape index (κ2) is 9.27. The third-order valence-corrected chi connectivity index (χ3v) is 5.36. The highest BCUT2D eigenvalue weighted by Gasteiger charge is 2.14. The summed E-state index contributed by atoms with van der Waals surface area (Å²) in [5, 5.41) is 14.5. The fourth-order valence-electron chi connectivity index (χ4n) is 2.95. The molecule has 2 N–H and O–H groups in total. The van der Waals surface area contributed by atoms with Gasteiger partial charge in [-0.3, -0.25) is 14.2 Å². The van der Waals surface area contributed by atoms with Gasteiger partial charge in [-0.25, -0.2) is 10.4 Å². The molecule has 4 aromatic rings. The lowest BCUT2D eigenvalue weighted by Crippen LogP contribution is -2.24. The maximum absolute atomic E-state index is 13.1. The Bertz CT molecular complexity index is 1320. The number of phenolic OH excluding ortho intramolecular Hbond substituents is 1. The van der Waals surface area contributed by atoms with E-state index in [0.717, 1.165) is 11.8 Å². The molecular formula is C23H18N4O3S. The van der Waals surface area contributed by atoms with Gasteiger partial charge in [-0.1, -0.05) is 54.2 Å². The molecule has 0 saturated carbocycles. The Labute approximate surface area is 182 Å². The Morgan fingerprint density at radius 3 is 2.55 bits per heavy atom. The summed E-state index contributed by atoms with van der Waals surface area (Å²) in [4.78, 5) is 30.0. The summed E-state index contributed by atoms with van der Waals surface area (Å²) in [7, 11) is 0. The molecule has 8 heteroatoms. The highest BCUT2D eigenvalue weighted by atomic mass is 32.2. The van der Waals surface area contributed by atoms with Gasteiger partial charge in [0.05, 0.1) is 28.6 Å². The van der Waals surface area contributed by atoms with E-state index >= 15 is 0 Å². The first-order valence-electron chi connectivity index (χ1n) is 9.43. The van der Waals surface area contributed by atoms with Gasteiger partial charge >= 0.3 is 0 Å². The van der Waals surface area contributed by atoms with Gasteiger partial charge in [0, 0.05) is 5.56 Å². The fraction of sp³-hybridized carbons (Fsp3) is 0.0435. The molecule has 0 fully saturated rings. The molecule has 1 aromatic heterocycles. The predicted octanol–water partition coefficient (Wildman–Crippen LogP) is 3.33. The van der Waals surface area contributed by atoms with Crippen molar-refractivity contribution >= 4 is 34.8 Å². The number of amides is 1. The summed E-state index contributed by atoms with van der Waals surface area (Å²) in [6.45, 7) is 0. The zero-order valence-electron chi connectivity index (χ0n) is 16.3. The maximum Gasteiger partial charge on any atom is 0.266 e. The second-order valence-electron chi connectivity index (χ2n) is 6.53. The molecule has 1 amide bonds. The Kier molecular flexibility index (Phi) is 6.09. The summed E-state index contributed by atoms with van der Waals surface area (Å²) in [5.74, 6) is -0.281. The average Bonchev–Trinajstić information content (AvgIpc) is 2.80. The first-order chi connectivity index (χ1) is 15.1. The molecule has 3 aromatic carbocycles.